The van der Waals surface area contributed by atoms with Crippen LogP contribution < -0.4 is 5.01 Å². The fourth-order valence-electron chi connectivity index (χ4n) is 3.01. The molecule has 0 aliphatic carbocycles. The molecule has 0 bridgehead atoms. The average molecular weight is 412 g/mol. The number of non-ortho nitro benzene ring substituents is 1. The zero-order chi connectivity index (χ0) is 21.1. The van der Waals surface area contributed by atoms with Crippen molar-refractivity contribution >= 4 is 29.0 Å². The molecule has 0 atom stereocenters. The number of benzene rings is 2. The second-order valence-corrected chi connectivity index (χ2v) is 6.96. The Labute approximate surface area is 172 Å². The molecule has 0 spiro atoms. The van der Waals surface area contributed by atoms with Gasteiger partial charge in [0.15, 0.2) is 5.78 Å². The maximum Gasteiger partial charge on any atom is 0.273 e. The minimum Gasteiger partial charge on any atom is -0.292 e. The summed E-state index contributed by atoms with van der Waals surface area (Å²) in [7, 11) is 0. The van der Waals surface area contributed by atoms with Gasteiger partial charge in [-0.15, -0.1) is 0 Å². The van der Waals surface area contributed by atoms with E-state index in [-0.39, 0.29) is 23.6 Å². The van der Waals surface area contributed by atoms with Gasteiger partial charge >= 0.3 is 0 Å². The molecule has 2 aromatic carbocycles. The number of aromatic nitrogens is 1. The zero-order valence-corrected chi connectivity index (χ0v) is 16.6. The van der Waals surface area contributed by atoms with Gasteiger partial charge in [0.05, 0.1) is 4.92 Å². The van der Waals surface area contributed by atoms with E-state index in [1.54, 1.807) is 28.9 Å². The number of ketones is 1. The number of halogens is 1. The van der Waals surface area contributed by atoms with Gasteiger partial charge in [-0.25, -0.2) is 5.01 Å². The molecular formula is C21H18ClN3O4. The van der Waals surface area contributed by atoms with Crippen LogP contribution in [-0.2, 0) is 0 Å². The van der Waals surface area contributed by atoms with Crippen molar-refractivity contribution in [3.8, 4) is 0 Å². The Kier molecular flexibility index (Phi) is 5.79. The molecule has 3 aromatic rings. The molecule has 0 N–H and O–H groups in total. The fourth-order valence-corrected chi connectivity index (χ4v) is 3.14. The lowest BCUT2D eigenvalue weighted by Crippen LogP contribution is -2.45. The molecule has 0 aliphatic heterocycles. The van der Waals surface area contributed by atoms with E-state index in [9.17, 15) is 19.7 Å². The standard InChI is InChI=1S/C21H18ClN3O4/c1-14-3-4-15(2)24(14)23(13-20(26)16-5-9-18(22)10-6-16)21(27)17-7-11-19(12-8-17)25(28)29/h3-12H,13H2,1-2H3. The predicted octanol–water partition coefficient (Wildman–Crippen LogP) is 4.33. The Hall–Kier alpha value is -3.45. The number of Topliss-reactive ketones (excluding diaryl/α,β-unsaturated/α-hetero) is 1. The summed E-state index contributed by atoms with van der Waals surface area (Å²) in [5, 5.41) is 12.7. The third-order valence-electron chi connectivity index (χ3n) is 4.49. The summed E-state index contributed by atoms with van der Waals surface area (Å²) in [6.45, 7) is 3.46. The largest absolute Gasteiger partial charge is 0.292 e. The molecule has 0 saturated heterocycles. The van der Waals surface area contributed by atoms with Crippen LogP contribution in [0.2, 0.25) is 5.02 Å². The van der Waals surface area contributed by atoms with Crippen LogP contribution >= 0.6 is 11.6 Å². The number of nitrogens with zero attached hydrogens (tertiary/aromatic N) is 3. The minimum absolute atomic E-state index is 0.112. The van der Waals surface area contributed by atoms with E-state index in [4.69, 9.17) is 11.6 Å². The summed E-state index contributed by atoms with van der Waals surface area (Å²) in [6, 6.07) is 15.4. The Morgan fingerprint density at radius 3 is 1.97 bits per heavy atom. The van der Waals surface area contributed by atoms with Crippen molar-refractivity contribution in [3.05, 3.63) is 98.3 Å². The van der Waals surface area contributed by atoms with Gasteiger partial charge in [0, 0.05) is 39.7 Å². The fraction of sp³-hybridized carbons (Fsp3) is 0.143. The second kappa shape index (κ2) is 8.28. The summed E-state index contributed by atoms with van der Waals surface area (Å²) in [5.41, 5.74) is 2.12. The maximum absolute atomic E-state index is 13.2. The Balaban J connectivity index is 1.97. The van der Waals surface area contributed by atoms with Crippen molar-refractivity contribution in [2.24, 2.45) is 0 Å². The molecule has 0 saturated carbocycles. The van der Waals surface area contributed by atoms with Crippen LogP contribution in [0.1, 0.15) is 32.1 Å². The zero-order valence-electron chi connectivity index (χ0n) is 15.8. The summed E-state index contributed by atoms with van der Waals surface area (Å²) < 4.78 is 1.66. The summed E-state index contributed by atoms with van der Waals surface area (Å²) in [5.74, 6) is -0.700. The van der Waals surface area contributed by atoms with Gasteiger partial charge in [0.2, 0.25) is 0 Å². The maximum atomic E-state index is 13.2. The third-order valence-corrected chi connectivity index (χ3v) is 4.75. The van der Waals surface area contributed by atoms with Crippen LogP contribution in [0.5, 0.6) is 0 Å². The normalized spacial score (nSPS) is 10.6. The van der Waals surface area contributed by atoms with Crippen LogP contribution in [-0.4, -0.2) is 27.8 Å². The number of carbonyl (C=O) groups is 2. The number of rotatable bonds is 6. The van der Waals surface area contributed by atoms with Gasteiger partial charge in [0.25, 0.3) is 11.6 Å². The van der Waals surface area contributed by atoms with E-state index >= 15 is 0 Å². The van der Waals surface area contributed by atoms with E-state index in [0.29, 0.717) is 10.6 Å². The van der Waals surface area contributed by atoms with Crippen molar-refractivity contribution in [1.82, 2.24) is 4.68 Å². The molecule has 0 unspecified atom stereocenters. The minimum atomic E-state index is -0.531. The topological polar surface area (TPSA) is 85.5 Å². The third kappa shape index (κ3) is 4.35. The van der Waals surface area contributed by atoms with Crippen molar-refractivity contribution in [2.45, 2.75) is 13.8 Å². The number of hydrogen-bond acceptors (Lipinski definition) is 4. The highest BCUT2D eigenvalue weighted by atomic mass is 35.5. The Morgan fingerprint density at radius 1 is 0.931 bits per heavy atom. The van der Waals surface area contributed by atoms with E-state index in [1.807, 2.05) is 26.0 Å². The first-order valence-electron chi connectivity index (χ1n) is 8.78. The molecule has 0 radical (unpaired) electrons. The van der Waals surface area contributed by atoms with Crippen molar-refractivity contribution in [2.75, 3.05) is 11.6 Å². The van der Waals surface area contributed by atoms with Crippen molar-refractivity contribution in [1.29, 1.82) is 0 Å². The monoisotopic (exact) mass is 411 g/mol. The van der Waals surface area contributed by atoms with E-state index in [1.165, 1.54) is 29.3 Å². The SMILES string of the molecule is Cc1ccc(C)n1N(CC(=O)c1ccc(Cl)cc1)C(=O)c1ccc([N+](=O)[O-])cc1. The van der Waals surface area contributed by atoms with Gasteiger partial charge in [-0.2, -0.15) is 0 Å². The number of nitro benzene ring substituents is 1. The van der Waals surface area contributed by atoms with Gasteiger partial charge in [-0.05, 0) is 62.4 Å². The molecule has 0 fully saturated rings. The molecule has 1 heterocycles. The number of nitro groups is 1. The number of amides is 1. The van der Waals surface area contributed by atoms with Gasteiger partial charge in [-0.1, -0.05) is 11.6 Å². The molecule has 0 aliphatic rings. The van der Waals surface area contributed by atoms with Crippen molar-refractivity contribution in [3.63, 3.8) is 0 Å². The van der Waals surface area contributed by atoms with E-state index in [2.05, 4.69) is 0 Å². The van der Waals surface area contributed by atoms with Gasteiger partial charge < -0.3 is 0 Å². The molecular weight excluding hydrogens is 394 g/mol. The van der Waals surface area contributed by atoms with Crippen LogP contribution in [0, 0.1) is 24.0 Å². The predicted molar refractivity (Wildman–Crippen MR) is 110 cm³/mol. The highest BCUT2D eigenvalue weighted by Gasteiger charge is 2.24. The first kappa shape index (κ1) is 20.3. The Bertz CT molecular complexity index is 1050. The van der Waals surface area contributed by atoms with Crippen LogP contribution in [0.3, 0.4) is 0 Å². The van der Waals surface area contributed by atoms with Crippen molar-refractivity contribution < 1.29 is 14.5 Å². The number of aryl methyl sites for hydroxylation is 2. The Morgan fingerprint density at radius 2 is 1.45 bits per heavy atom. The van der Waals surface area contributed by atoms with Crippen LogP contribution in [0.4, 0.5) is 5.69 Å². The molecule has 8 heteroatoms. The van der Waals surface area contributed by atoms with Crippen LogP contribution in [0.15, 0.2) is 60.7 Å². The van der Waals surface area contributed by atoms with Crippen LogP contribution in [0.25, 0.3) is 0 Å². The highest BCUT2D eigenvalue weighted by molar-refractivity contribution is 6.30. The molecule has 7 nitrogen and oxygen atoms in total. The first-order valence-corrected chi connectivity index (χ1v) is 9.16. The second-order valence-electron chi connectivity index (χ2n) is 6.52. The average Bonchev–Trinajstić information content (AvgIpc) is 3.04. The summed E-state index contributed by atoms with van der Waals surface area (Å²) in [4.78, 5) is 36.4. The first-order chi connectivity index (χ1) is 13.8. The molecule has 3 rings (SSSR count). The van der Waals surface area contributed by atoms with E-state index in [0.717, 1.165) is 11.4 Å². The highest BCUT2D eigenvalue weighted by Crippen LogP contribution is 2.17. The smallest absolute Gasteiger partial charge is 0.273 e. The lowest BCUT2D eigenvalue weighted by Gasteiger charge is -2.26. The molecule has 1 amide bonds. The molecule has 29 heavy (non-hydrogen) atoms. The summed E-state index contributed by atoms with van der Waals surface area (Å²) >= 11 is 5.88. The molecule has 1 aromatic heterocycles. The summed E-state index contributed by atoms with van der Waals surface area (Å²) in [6.07, 6.45) is 0. The quantitative estimate of drug-likeness (QED) is 0.343. The lowest BCUT2D eigenvalue weighted by atomic mass is 10.1. The van der Waals surface area contributed by atoms with Gasteiger partial charge in [-0.3, -0.25) is 24.4 Å². The van der Waals surface area contributed by atoms with Gasteiger partial charge in [0.1, 0.15) is 6.54 Å². The number of hydrogen-bond donors (Lipinski definition) is 0. The molecule has 148 valence electrons. The van der Waals surface area contributed by atoms with E-state index < -0.39 is 10.8 Å². The lowest BCUT2D eigenvalue weighted by molar-refractivity contribution is -0.384. The number of carbonyl (C=O) groups excluding carboxylic acids is 2.